The molecular formula is C30H32F2N6O2. The number of carbonyl (C=O) groups excluding carboxylic acids is 1. The minimum absolute atomic E-state index is 0.0314. The van der Waals surface area contributed by atoms with Crippen LogP contribution >= 0.6 is 0 Å². The summed E-state index contributed by atoms with van der Waals surface area (Å²) in [6, 6.07) is 9.97. The van der Waals surface area contributed by atoms with E-state index in [1.54, 1.807) is 35.4 Å². The first-order chi connectivity index (χ1) is 19.4. The molecule has 1 aromatic heterocycles. The monoisotopic (exact) mass is 546 g/mol. The third-order valence-electron chi connectivity index (χ3n) is 7.65. The molecule has 8 nitrogen and oxygen atoms in total. The van der Waals surface area contributed by atoms with Crippen LogP contribution in [0.15, 0.2) is 65.1 Å². The van der Waals surface area contributed by atoms with E-state index in [0.29, 0.717) is 66.7 Å². The van der Waals surface area contributed by atoms with Gasteiger partial charge in [0, 0.05) is 43.7 Å². The van der Waals surface area contributed by atoms with Crippen molar-refractivity contribution in [2.75, 3.05) is 44.7 Å². The fraction of sp³-hybridized carbons (Fsp3) is 0.333. The van der Waals surface area contributed by atoms with Crippen LogP contribution in [0.3, 0.4) is 0 Å². The van der Waals surface area contributed by atoms with Crippen LogP contribution in [-0.4, -0.2) is 67.5 Å². The van der Waals surface area contributed by atoms with Gasteiger partial charge in [-0.1, -0.05) is 6.08 Å². The van der Waals surface area contributed by atoms with Gasteiger partial charge in [-0.2, -0.15) is 0 Å². The quantitative estimate of drug-likeness (QED) is 0.467. The minimum atomic E-state index is -0.377. The highest BCUT2D eigenvalue weighted by Gasteiger charge is 2.27. The number of benzene rings is 2. The summed E-state index contributed by atoms with van der Waals surface area (Å²) in [5.41, 5.74) is 9.71. The number of carbonyl (C=O) groups is 1. The Balaban J connectivity index is 1.41. The van der Waals surface area contributed by atoms with Gasteiger partial charge < -0.3 is 30.2 Å². The van der Waals surface area contributed by atoms with Crippen LogP contribution in [0.4, 0.5) is 20.2 Å². The van der Waals surface area contributed by atoms with E-state index in [2.05, 4.69) is 10.2 Å². The average molecular weight is 547 g/mol. The molecule has 3 aliphatic heterocycles. The van der Waals surface area contributed by atoms with Crippen LogP contribution in [0.2, 0.25) is 0 Å². The number of ether oxygens (including phenoxy) is 1. The van der Waals surface area contributed by atoms with Gasteiger partial charge >= 0.3 is 0 Å². The Kier molecular flexibility index (Phi) is 7.02. The van der Waals surface area contributed by atoms with Crippen molar-refractivity contribution < 1.29 is 18.3 Å². The number of likely N-dealkylation sites (N-methyl/N-ethyl adjacent to an activating group) is 1. The van der Waals surface area contributed by atoms with Gasteiger partial charge in [-0.3, -0.25) is 9.79 Å². The maximum Gasteiger partial charge on any atom is 0.254 e. The Morgan fingerprint density at radius 1 is 1.23 bits per heavy atom. The van der Waals surface area contributed by atoms with Crippen LogP contribution in [0, 0.1) is 5.82 Å². The lowest BCUT2D eigenvalue weighted by atomic mass is 10.0. The van der Waals surface area contributed by atoms with Crippen molar-refractivity contribution in [2.45, 2.75) is 25.4 Å². The summed E-state index contributed by atoms with van der Waals surface area (Å²) in [4.78, 5) is 22.1. The first kappa shape index (κ1) is 26.1. The fourth-order valence-corrected chi connectivity index (χ4v) is 5.58. The molecule has 0 aliphatic carbocycles. The molecule has 0 spiro atoms. The average Bonchev–Trinajstić information content (AvgIpc) is 3.28. The Labute approximate surface area is 231 Å². The maximum absolute atomic E-state index is 14.6. The number of hydrogen-bond acceptors (Lipinski definition) is 6. The van der Waals surface area contributed by atoms with Gasteiger partial charge in [0.25, 0.3) is 5.91 Å². The predicted octanol–water partition coefficient (Wildman–Crippen LogP) is 4.26. The zero-order chi connectivity index (χ0) is 27.8. The summed E-state index contributed by atoms with van der Waals surface area (Å²) in [5.74, 6) is -0.239. The molecule has 0 bridgehead atoms. The Bertz CT molecular complexity index is 1560. The number of aromatic nitrogens is 1. The van der Waals surface area contributed by atoms with Gasteiger partial charge in [-0.25, -0.2) is 8.78 Å². The number of piperidine rings is 1. The first-order valence-corrected chi connectivity index (χ1v) is 13.6. The first-order valence-electron chi connectivity index (χ1n) is 13.6. The number of allylic oxidation sites excluding steroid dienone is 3. The van der Waals surface area contributed by atoms with Gasteiger partial charge in [0.2, 0.25) is 0 Å². The van der Waals surface area contributed by atoms with Crippen molar-refractivity contribution in [1.29, 1.82) is 0 Å². The molecule has 0 saturated carbocycles. The normalized spacial score (nSPS) is 19.2. The van der Waals surface area contributed by atoms with Gasteiger partial charge in [-0.15, -0.1) is 0 Å². The van der Waals surface area contributed by atoms with E-state index in [4.69, 9.17) is 15.5 Å². The minimum Gasteiger partial charge on any atom is -0.489 e. The van der Waals surface area contributed by atoms with E-state index in [9.17, 15) is 13.6 Å². The molecule has 40 heavy (non-hydrogen) atoms. The molecular weight excluding hydrogens is 514 g/mol. The molecule has 3 aliphatic rings. The van der Waals surface area contributed by atoms with E-state index in [-0.39, 0.29) is 30.1 Å². The molecule has 1 atom stereocenters. The predicted molar refractivity (Wildman–Crippen MR) is 153 cm³/mol. The molecule has 4 heterocycles. The number of likely N-dealkylation sites (tertiary alicyclic amines) is 1. The number of amides is 1. The number of rotatable bonds is 5. The number of halogens is 2. The number of nitrogens with two attached hydrogens (primary N) is 1. The van der Waals surface area contributed by atoms with Crippen molar-refractivity contribution in [3.63, 3.8) is 0 Å². The molecule has 0 radical (unpaired) electrons. The highest BCUT2D eigenvalue weighted by molar-refractivity contribution is 5.99. The van der Waals surface area contributed by atoms with Crippen molar-refractivity contribution in [3.8, 4) is 5.75 Å². The summed E-state index contributed by atoms with van der Waals surface area (Å²) in [6.45, 7) is 3.05. The molecule has 1 saturated heterocycles. The maximum atomic E-state index is 14.6. The zero-order valence-corrected chi connectivity index (χ0v) is 22.4. The largest absolute Gasteiger partial charge is 0.489 e. The van der Waals surface area contributed by atoms with Crippen molar-refractivity contribution in [1.82, 2.24) is 14.8 Å². The summed E-state index contributed by atoms with van der Waals surface area (Å²) in [7, 11) is 1.96. The van der Waals surface area contributed by atoms with E-state index in [1.807, 2.05) is 17.7 Å². The van der Waals surface area contributed by atoms with Crippen LogP contribution < -0.4 is 20.7 Å². The van der Waals surface area contributed by atoms with E-state index >= 15 is 0 Å². The zero-order valence-electron chi connectivity index (χ0n) is 22.4. The van der Waals surface area contributed by atoms with Gasteiger partial charge in [-0.05, 0) is 55.3 Å². The highest BCUT2D eigenvalue weighted by Crippen LogP contribution is 2.41. The Morgan fingerprint density at radius 3 is 2.92 bits per heavy atom. The number of dihydropyridines is 1. The molecule has 10 heteroatoms. The van der Waals surface area contributed by atoms with Gasteiger partial charge in [0.1, 0.15) is 29.7 Å². The number of fused-ring (bicyclic) bond motifs is 2. The van der Waals surface area contributed by atoms with Crippen LogP contribution in [0.1, 0.15) is 28.9 Å². The fourth-order valence-electron chi connectivity index (χ4n) is 5.58. The van der Waals surface area contributed by atoms with Crippen molar-refractivity contribution in [2.24, 2.45) is 10.7 Å². The SMILES string of the molecule is CN1CCOc2cc(C(=O)N3CCCC(N)C3)cc(/N=C/c3cc4ccc(F)cc4n3CC3=C(F)C=CCN3)c21. The molecule has 3 N–H and O–H groups in total. The van der Waals surface area contributed by atoms with E-state index < -0.39 is 0 Å². The summed E-state index contributed by atoms with van der Waals surface area (Å²) in [6.07, 6.45) is 6.60. The summed E-state index contributed by atoms with van der Waals surface area (Å²) in [5, 5.41) is 3.88. The summed E-state index contributed by atoms with van der Waals surface area (Å²) < 4.78 is 36.6. The molecule has 6 rings (SSSR count). The molecule has 208 valence electrons. The number of aliphatic imine (C=N–C) groups is 1. The van der Waals surface area contributed by atoms with Gasteiger partial charge in [0.15, 0.2) is 0 Å². The van der Waals surface area contributed by atoms with Crippen molar-refractivity contribution in [3.05, 3.63) is 77.1 Å². The lowest BCUT2D eigenvalue weighted by Gasteiger charge is -2.32. The second-order valence-electron chi connectivity index (χ2n) is 10.5. The van der Waals surface area contributed by atoms with Crippen molar-refractivity contribution >= 4 is 34.4 Å². The van der Waals surface area contributed by atoms with Crippen LogP contribution in [0.5, 0.6) is 5.75 Å². The standard InChI is InChI=1S/C30H32F2N6O2/c1-36-10-11-40-28-14-20(30(39)37-9-3-4-22(33)17-37)13-25(29(28)36)35-16-23-12-19-6-7-21(31)15-27(19)38(23)18-26-24(32)5-2-8-34-26/h2,5-7,12-16,22,34H,3-4,8-11,17-18,33H2,1H3/b35-16+. The topological polar surface area (TPSA) is 88.1 Å². The molecule has 1 fully saturated rings. The Hall–Kier alpha value is -4.18. The lowest BCUT2D eigenvalue weighted by molar-refractivity contribution is 0.0708. The number of nitrogens with zero attached hydrogens (tertiary/aromatic N) is 4. The smallest absolute Gasteiger partial charge is 0.254 e. The second-order valence-corrected chi connectivity index (χ2v) is 10.5. The second kappa shape index (κ2) is 10.8. The molecule has 2 aromatic carbocycles. The molecule has 3 aromatic rings. The molecule has 1 amide bonds. The highest BCUT2D eigenvalue weighted by atomic mass is 19.1. The lowest BCUT2D eigenvalue weighted by Crippen LogP contribution is -2.45. The third-order valence-corrected chi connectivity index (χ3v) is 7.65. The number of hydrogen-bond donors (Lipinski definition) is 2. The van der Waals surface area contributed by atoms with Crippen LogP contribution in [0.25, 0.3) is 10.9 Å². The number of nitrogens with one attached hydrogen (secondary N) is 1. The van der Waals surface area contributed by atoms with E-state index in [1.165, 1.54) is 18.2 Å². The number of anilines is 1. The summed E-state index contributed by atoms with van der Waals surface area (Å²) >= 11 is 0. The Morgan fingerprint density at radius 2 is 2.10 bits per heavy atom. The molecule has 1 unspecified atom stereocenters. The van der Waals surface area contributed by atoms with Crippen LogP contribution in [-0.2, 0) is 6.54 Å². The van der Waals surface area contributed by atoms with E-state index in [0.717, 1.165) is 23.9 Å². The third kappa shape index (κ3) is 5.06. The van der Waals surface area contributed by atoms with Gasteiger partial charge in [0.05, 0.1) is 41.9 Å².